The number of aromatic hydroxyl groups is 1. The standard InChI is InChI=1S/C36H44ClN7O6S/c1-21-16-27(38-35(46)39-28-17-22(36(2,3)4)18-29(33(28)49-5)42-51(6,47)48)24-8-7-9-25(24)32(21)50-15-14-43-12-13-44-31(20-43)40-41-34(44)26-19-23(37)10-11-30(26)45/h10-11,16-19,42,45H,7-9,12-15,20H2,1-6H3,(H2,38,39,46). The van der Waals surface area contributed by atoms with Crippen molar-refractivity contribution in [2.45, 2.75) is 65.5 Å². The molecule has 6 rings (SSSR count). The molecule has 2 amide bonds. The van der Waals surface area contributed by atoms with Crippen molar-refractivity contribution in [3.63, 3.8) is 0 Å². The Morgan fingerprint density at radius 1 is 1.00 bits per heavy atom. The van der Waals surface area contributed by atoms with Crippen LogP contribution in [0.4, 0.5) is 21.9 Å². The third kappa shape index (κ3) is 8.03. The number of amides is 2. The first-order valence-electron chi connectivity index (χ1n) is 16.8. The number of urea groups is 1. The average molecular weight is 738 g/mol. The molecule has 1 aliphatic carbocycles. The number of hydrogen-bond acceptors (Lipinski definition) is 9. The number of ether oxygens (including phenoxy) is 2. The van der Waals surface area contributed by atoms with Crippen molar-refractivity contribution in [3.8, 4) is 28.6 Å². The van der Waals surface area contributed by atoms with Gasteiger partial charge in [-0.3, -0.25) is 9.62 Å². The van der Waals surface area contributed by atoms with Crippen LogP contribution >= 0.6 is 11.6 Å². The Balaban J connectivity index is 1.13. The summed E-state index contributed by atoms with van der Waals surface area (Å²) >= 11 is 6.17. The zero-order valence-electron chi connectivity index (χ0n) is 29.7. The molecule has 4 N–H and O–H groups in total. The Morgan fingerprint density at radius 3 is 2.45 bits per heavy atom. The molecule has 2 heterocycles. The van der Waals surface area contributed by atoms with E-state index in [9.17, 15) is 18.3 Å². The quantitative estimate of drug-likeness (QED) is 0.146. The smallest absolute Gasteiger partial charge is 0.323 e. The minimum atomic E-state index is -3.61. The van der Waals surface area contributed by atoms with Crippen LogP contribution in [-0.2, 0) is 41.4 Å². The van der Waals surface area contributed by atoms with Gasteiger partial charge in [0.25, 0.3) is 0 Å². The number of aromatic nitrogens is 3. The van der Waals surface area contributed by atoms with Gasteiger partial charge in [0, 0.05) is 30.3 Å². The molecule has 0 radical (unpaired) electrons. The van der Waals surface area contributed by atoms with Gasteiger partial charge in [-0.15, -0.1) is 10.2 Å². The second-order valence-electron chi connectivity index (χ2n) is 14.1. The summed E-state index contributed by atoms with van der Waals surface area (Å²) < 4.78 is 40.8. The topological polar surface area (TPSA) is 160 Å². The number of nitrogens with zero attached hydrogens (tertiary/aromatic N) is 4. The zero-order valence-corrected chi connectivity index (χ0v) is 31.3. The van der Waals surface area contributed by atoms with E-state index < -0.39 is 16.1 Å². The van der Waals surface area contributed by atoms with Gasteiger partial charge in [0.05, 0.1) is 36.8 Å². The van der Waals surface area contributed by atoms with E-state index in [4.69, 9.17) is 21.1 Å². The van der Waals surface area contributed by atoms with Gasteiger partial charge >= 0.3 is 6.03 Å². The molecule has 0 unspecified atom stereocenters. The maximum Gasteiger partial charge on any atom is 0.323 e. The number of sulfonamides is 1. The lowest BCUT2D eigenvalue weighted by Crippen LogP contribution is -2.36. The van der Waals surface area contributed by atoms with Crippen LogP contribution in [0.15, 0.2) is 36.4 Å². The van der Waals surface area contributed by atoms with E-state index in [1.165, 1.54) is 7.11 Å². The molecule has 0 atom stereocenters. The second-order valence-corrected chi connectivity index (χ2v) is 16.3. The molecule has 15 heteroatoms. The molecule has 0 bridgehead atoms. The Bertz CT molecular complexity index is 2090. The van der Waals surface area contributed by atoms with Gasteiger partial charge in [0.15, 0.2) is 11.6 Å². The lowest BCUT2D eigenvalue weighted by Gasteiger charge is -2.28. The lowest BCUT2D eigenvalue weighted by atomic mass is 9.86. The molecule has 2 aliphatic rings. The summed E-state index contributed by atoms with van der Waals surface area (Å²) in [6.07, 6.45) is 3.66. The van der Waals surface area contributed by atoms with Crippen LogP contribution in [0, 0.1) is 6.92 Å². The molecule has 1 aromatic heterocycles. The fraction of sp³-hybridized carbons (Fsp3) is 0.417. The highest BCUT2D eigenvalue weighted by atomic mass is 35.5. The molecule has 0 saturated heterocycles. The summed E-state index contributed by atoms with van der Waals surface area (Å²) in [6, 6.07) is 9.88. The summed E-state index contributed by atoms with van der Waals surface area (Å²) in [7, 11) is -2.18. The summed E-state index contributed by atoms with van der Waals surface area (Å²) in [4.78, 5) is 15.7. The fourth-order valence-corrected chi connectivity index (χ4v) is 7.42. The fourth-order valence-electron chi connectivity index (χ4n) is 6.70. The van der Waals surface area contributed by atoms with E-state index in [0.29, 0.717) is 54.0 Å². The highest BCUT2D eigenvalue weighted by molar-refractivity contribution is 7.92. The molecular weight excluding hydrogens is 694 g/mol. The van der Waals surface area contributed by atoms with Crippen molar-refractivity contribution in [1.82, 2.24) is 19.7 Å². The van der Waals surface area contributed by atoms with E-state index in [1.807, 2.05) is 38.3 Å². The van der Waals surface area contributed by atoms with Gasteiger partial charge in [-0.1, -0.05) is 32.4 Å². The van der Waals surface area contributed by atoms with Crippen molar-refractivity contribution in [2.24, 2.45) is 0 Å². The number of nitrogens with one attached hydrogen (secondary N) is 3. The van der Waals surface area contributed by atoms with E-state index in [1.54, 1.807) is 30.3 Å². The first-order chi connectivity index (χ1) is 24.1. The number of fused-ring (bicyclic) bond motifs is 2. The minimum Gasteiger partial charge on any atom is -0.507 e. The maximum atomic E-state index is 13.5. The number of aryl methyl sites for hydroxylation is 1. The van der Waals surface area contributed by atoms with E-state index in [0.717, 1.165) is 65.9 Å². The molecule has 4 aromatic rings. The van der Waals surface area contributed by atoms with Crippen molar-refractivity contribution in [1.29, 1.82) is 0 Å². The third-order valence-corrected chi connectivity index (χ3v) is 10.00. The Labute approximate surface area is 303 Å². The first kappa shape index (κ1) is 36.3. The van der Waals surface area contributed by atoms with Gasteiger partial charge in [-0.25, -0.2) is 13.2 Å². The van der Waals surface area contributed by atoms with Crippen LogP contribution in [0.1, 0.15) is 55.3 Å². The highest BCUT2D eigenvalue weighted by Gasteiger charge is 2.27. The normalized spacial score (nSPS) is 14.5. The van der Waals surface area contributed by atoms with Gasteiger partial charge < -0.3 is 29.8 Å². The SMILES string of the molecule is COc1c(NC(=O)Nc2cc(C)c(OCCN3CCn4c(nnc4-c4cc(Cl)ccc4O)C3)c3c2CCC3)cc(C(C)(C)C)cc1NS(C)(=O)=O. The molecule has 0 fully saturated rings. The van der Waals surface area contributed by atoms with E-state index in [-0.39, 0.29) is 22.6 Å². The number of rotatable bonds is 10. The average Bonchev–Trinajstić information content (AvgIpc) is 3.70. The molecule has 3 aromatic carbocycles. The Hall–Kier alpha value is -4.53. The minimum absolute atomic E-state index is 0.111. The summed E-state index contributed by atoms with van der Waals surface area (Å²) in [6.45, 7) is 11.2. The predicted octanol–water partition coefficient (Wildman–Crippen LogP) is 6.32. The van der Waals surface area contributed by atoms with Crippen molar-refractivity contribution in [3.05, 3.63) is 69.5 Å². The number of methoxy groups -OCH3 is 1. The number of halogens is 1. The number of hydrogen-bond donors (Lipinski definition) is 4. The molecule has 13 nitrogen and oxygen atoms in total. The van der Waals surface area contributed by atoms with Crippen molar-refractivity contribution < 1.29 is 27.8 Å². The molecule has 0 saturated carbocycles. The van der Waals surface area contributed by atoms with Crippen LogP contribution in [0.25, 0.3) is 11.4 Å². The van der Waals surface area contributed by atoms with Crippen LogP contribution in [0.5, 0.6) is 17.2 Å². The number of phenols is 1. The number of anilines is 3. The molecule has 272 valence electrons. The lowest BCUT2D eigenvalue weighted by molar-refractivity contribution is 0.174. The van der Waals surface area contributed by atoms with Gasteiger partial charge in [-0.05, 0) is 90.3 Å². The number of phenolic OH excluding ortho intramolecular Hbond substituents is 1. The maximum absolute atomic E-state index is 13.5. The summed E-state index contributed by atoms with van der Waals surface area (Å²) in [5, 5.41) is 25.5. The Kier molecular flexibility index (Phi) is 10.1. The number of carbonyl (C=O) groups excluding carboxylic acids is 1. The predicted molar refractivity (Wildman–Crippen MR) is 199 cm³/mol. The monoisotopic (exact) mass is 737 g/mol. The van der Waals surface area contributed by atoms with E-state index in [2.05, 4.69) is 30.5 Å². The van der Waals surface area contributed by atoms with Crippen molar-refractivity contribution in [2.75, 3.05) is 48.4 Å². The second kappa shape index (κ2) is 14.2. The number of benzene rings is 3. The van der Waals surface area contributed by atoms with Crippen molar-refractivity contribution >= 4 is 44.7 Å². The number of carbonyl (C=O) groups is 1. The molecule has 51 heavy (non-hydrogen) atoms. The summed E-state index contributed by atoms with van der Waals surface area (Å²) in [5.74, 6) is 2.58. The zero-order chi connectivity index (χ0) is 36.7. The largest absolute Gasteiger partial charge is 0.507 e. The van der Waals surface area contributed by atoms with Crippen LogP contribution in [-0.4, -0.2) is 72.3 Å². The third-order valence-electron chi connectivity index (χ3n) is 9.17. The van der Waals surface area contributed by atoms with Crippen LogP contribution in [0.2, 0.25) is 5.02 Å². The van der Waals surface area contributed by atoms with Gasteiger partial charge in [0.1, 0.15) is 23.9 Å². The Morgan fingerprint density at radius 2 is 1.73 bits per heavy atom. The van der Waals surface area contributed by atoms with E-state index >= 15 is 0 Å². The van der Waals surface area contributed by atoms with Crippen LogP contribution in [0.3, 0.4) is 0 Å². The summed E-state index contributed by atoms with van der Waals surface area (Å²) in [5.41, 5.74) is 5.40. The van der Waals surface area contributed by atoms with Gasteiger partial charge in [-0.2, -0.15) is 0 Å². The molecule has 1 aliphatic heterocycles. The molecular formula is C36H44ClN7O6S. The van der Waals surface area contributed by atoms with Crippen LogP contribution < -0.4 is 24.8 Å². The molecule has 0 spiro atoms. The highest BCUT2D eigenvalue weighted by Crippen LogP contribution is 2.41. The first-order valence-corrected chi connectivity index (χ1v) is 19.1. The van der Waals surface area contributed by atoms with Gasteiger partial charge in [0.2, 0.25) is 10.0 Å².